The van der Waals surface area contributed by atoms with E-state index in [1.807, 2.05) is 0 Å². The third kappa shape index (κ3) is 18.1. The van der Waals surface area contributed by atoms with Crippen molar-refractivity contribution in [3.8, 4) is 76.4 Å². The molecule has 0 fully saturated rings. The first kappa shape index (κ1) is 95.8. The minimum atomic E-state index is -1.33. The van der Waals surface area contributed by atoms with Gasteiger partial charge in [0.15, 0.2) is 28.7 Å². The molecule has 3 aliphatic heterocycles. The van der Waals surface area contributed by atoms with Gasteiger partial charge in [-0.3, -0.25) is 0 Å². The van der Waals surface area contributed by atoms with Gasteiger partial charge in [0.2, 0.25) is 17.6 Å². The van der Waals surface area contributed by atoms with Crippen LogP contribution in [0.4, 0.5) is 50.4 Å². The summed E-state index contributed by atoms with van der Waals surface area (Å²) in [6.07, 6.45) is 9.90. The van der Waals surface area contributed by atoms with Crippen LogP contribution in [0.3, 0.4) is 0 Å². The SMILES string of the molecule is CNc1cc(F)c2c3c1[nH]c1nc(Oc4cnc(C)nc4)nc(c13)C[C@@H](O)C2.CNc1cc(F)c2c3c1[nH]c1nc(Oc4cnc(C)nc4)nc(c13)OC(CO)C2.CNc1cc(F)c2c3c1[nH]c1nc(Oc4cnc(C)nc4)nc(c13)O[C@@H](C(O)CO)C2.CNc1cc(F)c2c3c1[nH]c1nc(Oc4cnc(C)nc4)nc(c13)O[C@@H](CCO)C2.CNc1cc(F)c2c3c1[nH]c1nc(Oc4cnc(C)nc4)nc(c13)[C@@H](O)[C@@H](O)C2. The molecule has 45 nitrogen and oxygen atoms in total. The third-order valence-corrected chi connectivity index (χ3v) is 25.3. The van der Waals surface area contributed by atoms with Crippen LogP contribution in [0.1, 0.15) is 80.9 Å². The zero-order valence-electron chi connectivity index (χ0n) is 79.5. The number of aryl methyl sites for hydroxylation is 5. The molecule has 15 aromatic heterocycles. The predicted octanol–water partition coefficient (Wildman–Crippen LogP) is 12.0. The number of aromatic amines is 5. The normalized spacial score (nSPS) is 16.3. The number of nitrogens with zero attached hydrogens (tertiary/aromatic N) is 20. The Bertz CT molecular complexity index is 8540. The first-order valence-electron chi connectivity index (χ1n) is 46.1. The minimum absolute atomic E-state index is 0.0260. The van der Waals surface area contributed by atoms with E-state index in [-0.39, 0.29) is 116 Å². The van der Waals surface area contributed by atoms with E-state index in [1.54, 1.807) is 82.3 Å². The lowest BCUT2D eigenvalue weighted by atomic mass is 9.99. The number of nitrogens with one attached hydrogen (secondary N) is 10. The second-order valence-corrected chi connectivity index (χ2v) is 34.8. The average molecular weight is 2010 g/mol. The number of anilines is 5. The molecule has 20 aromatic rings. The van der Waals surface area contributed by atoms with E-state index in [0.29, 0.717) is 237 Å². The van der Waals surface area contributed by atoms with Crippen LogP contribution in [0.25, 0.3) is 110 Å². The summed E-state index contributed by atoms with van der Waals surface area (Å²) in [4.78, 5) is 101. The van der Waals surface area contributed by atoms with Crippen molar-refractivity contribution in [1.82, 2.24) is 125 Å². The van der Waals surface area contributed by atoms with Gasteiger partial charge in [-0.1, -0.05) is 0 Å². The lowest BCUT2D eigenvalue weighted by Gasteiger charge is -2.21. The van der Waals surface area contributed by atoms with Crippen LogP contribution in [0, 0.1) is 63.7 Å². The molecule has 0 spiro atoms. The molecule has 0 saturated carbocycles. The van der Waals surface area contributed by atoms with E-state index in [9.17, 15) is 57.7 Å². The maximum Gasteiger partial charge on any atom is 0.327 e. The number of hydrogen-bond donors (Lipinski definition) is 17. The standard InChI is InChI=1S/C20H19FN6O4.C20H19FN6O3.2C19H17FN6O3.C19H17FN6O2/c1-8-23-5-9(6-24-8)30-20-26-18-16-15-10(11(21)4-12(22-2)17(15)25-18)3-14(13(29)7-28)31-19(16)27-20;1-9-23-7-11(8-24-9)30-20-26-18-16-15-12(5-10(3-4-28)29-19(16)27-20)13(21)6-14(22-2)17(15)25-18;1-8-22-5-10(6-23-8)29-19-25-17-15-14-11(3-9(7-27)28-18(15)26-19)12(20)4-13(21-2)16(14)24-17;1-7-22-5-8(6-23-7)29-19-25-16-14-13-9(3-12(27)17(16)28)10(20)4-11(21-2)15(13)24-18(14)26-19;1-8-22-6-10(7-23-8)28-19-24-13-4-9(27)3-11-12(20)5-14(21-2)17-15(11)16(13)18(25-17)26-19/h4-6,13-14,22,28-29H,3,7H2,1-2H3,(H,25,26,27);6-8,10,22,28H,3-5H2,1-2H3,(H,25,26,27);4-6,9,21,27H,3,7H2,1-2H3,(H,24,25,26);4-6,12,17,21,27-28H,3H2,1-2H3,(H,24,25,26);5-7,9,21,27H,3-4H2,1-2H3,(H,24,25,26)/t13?,14-;10-;;12-,17-;9-/m10.00/s1. The Kier molecular flexibility index (Phi) is 25.5. The largest absolute Gasteiger partial charge is 0.473 e. The van der Waals surface area contributed by atoms with Gasteiger partial charge >= 0.3 is 30.1 Å². The molecule has 18 heterocycles. The summed E-state index contributed by atoms with van der Waals surface area (Å²) in [6, 6.07) is 7.13. The number of rotatable bonds is 20. The van der Waals surface area contributed by atoms with Gasteiger partial charge in [0.05, 0.1) is 176 Å². The van der Waals surface area contributed by atoms with Gasteiger partial charge in [-0.2, -0.15) is 49.8 Å². The molecule has 5 aliphatic rings. The van der Waals surface area contributed by atoms with E-state index in [0.717, 1.165) is 5.52 Å². The van der Waals surface area contributed by atoms with Crippen molar-refractivity contribution in [2.24, 2.45) is 0 Å². The van der Waals surface area contributed by atoms with E-state index >= 15 is 0 Å². The molecule has 752 valence electrons. The maximum absolute atomic E-state index is 15.0. The topological polar surface area (TPSA) is 612 Å². The van der Waals surface area contributed by atoms with Crippen LogP contribution in [-0.2, 0) is 38.5 Å². The van der Waals surface area contributed by atoms with Crippen molar-refractivity contribution in [2.75, 3.05) is 81.6 Å². The Hall–Kier alpha value is -17.3. The molecule has 0 amide bonds. The molecule has 50 heteroatoms. The number of H-pyrrole nitrogens is 5. The Morgan fingerprint density at radius 1 is 0.347 bits per heavy atom. The van der Waals surface area contributed by atoms with Gasteiger partial charge in [-0.25, -0.2) is 71.8 Å². The van der Waals surface area contributed by atoms with Crippen LogP contribution in [0.2, 0.25) is 0 Å². The molecule has 5 aromatic carbocycles. The molecule has 2 unspecified atom stereocenters. The molecular weight excluding hydrogens is 1920 g/mol. The number of aliphatic hydroxyl groups is 7. The van der Waals surface area contributed by atoms with Crippen LogP contribution in [0.15, 0.2) is 92.3 Å². The smallest absolute Gasteiger partial charge is 0.327 e. The molecule has 7 atom stereocenters. The van der Waals surface area contributed by atoms with Crippen LogP contribution < -0.4 is 64.5 Å². The second kappa shape index (κ2) is 39.1. The summed E-state index contributed by atoms with van der Waals surface area (Å²) in [7, 11) is 8.53. The highest BCUT2D eigenvalue weighted by Crippen LogP contribution is 2.49. The second-order valence-electron chi connectivity index (χ2n) is 34.8. The van der Waals surface area contributed by atoms with Gasteiger partial charge in [0.25, 0.3) is 0 Å². The third-order valence-electron chi connectivity index (χ3n) is 25.3. The van der Waals surface area contributed by atoms with Crippen molar-refractivity contribution < 1.29 is 95.6 Å². The van der Waals surface area contributed by atoms with E-state index in [4.69, 9.17) is 37.9 Å². The molecule has 0 saturated heterocycles. The summed E-state index contributed by atoms with van der Waals surface area (Å²) in [5.74, 6) is 3.43. The summed E-state index contributed by atoms with van der Waals surface area (Å²) < 4.78 is 121. The Morgan fingerprint density at radius 2 is 0.639 bits per heavy atom. The highest BCUT2D eigenvalue weighted by molar-refractivity contribution is 6.18. The number of ether oxygens (including phenoxy) is 8. The Labute approximate surface area is 824 Å². The van der Waals surface area contributed by atoms with Crippen molar-refractivity contribution in [3.63, 3.8) is 0 Å². The molecule has 2 aliphatic carbocycles. The maximum atomic E-state index is 15.0. The van der Waals surface area contributed by atoms with Gasteiger partial charge in [-0.15, -0.1) is 0 Å². The molecule has 0 bridgehead atoms. The lowest BCUT2D eigenvalue weighted by Crippen LogP contribution is -2.36. The molecule has 25 rings (SSSR count). The monoisotopic (exact) mass is 2010 g/mol. The number of halogens is 5. The number of benzene rings is 5. The predicted molar refractivity (Wildman–Crippen MR) is 523 cm³/mol. The minimum Gasteiger partial charge on any atom is -0.473 e. The number of aromatic nitrogens is 25. The Balaban J connectivity index is 0.000000108. The molecule has 147 heavy (non-hydrogen) atoms. The lowest BCUT2D eigenvalue weighted by molar-refractivity contribution is -0.00135. The average Bonchev–Trinajstić information content (AvgIpc) is 1.59. The zero-order chi connectivity index (χ0) is 102. The summed E-state index contributed by atoms with van der Waals surface area (Å²) in [5.41, 5.74) is 11.3. The van der Waals surface area contributed by atoms with E-state index < -0.39 is 61.0 Å². The van der Waals surface area contributed by atoms with Crippen LogP contribution in [0.5, 0.6) is 76.4 Å². The van der Waals surface area contributed by atoms with Gasteiger partial charge in [-0.05, 0) is 65.0 Å². The zero-order valence-corrected chi connectivity index (χ0v) is 79.5. The number of hydrogen-bond acceptors (Lipinski definition) is 40. The summed E-state index contributed by atoms with van der Waals surface area (Å²) in [6.45, 7) is 7.91. The van der Waals surface area contributed by atoms with Crippen LogP contribution in [-0.4, -0.2) is 252 Å². The van der Waals surface area contributed by atoms with Gasteiger partial charge < -0.3 is 125 Å². The van der Waals surface area contributed by atoms with E-state index in [2.05, 4.69) is 151 Å². The van der Waals surface area contributed by atoms with Gasteiger partial charge in [0.1, 0.15) is 117 Å². The number of aliphatic hydroxyl groups excluding tert-OH is 7. The van der Waals surface area contributed by atoms with E-state index in [1.165, 1.54) is 79.9 Å². The fourth-order valence-electron chi connectivity index (χ4n) is 18.5. The summed E-state index contributed by atoms with van der Waals surface area (Å²) >= 11 is 0. The Morgan fingerprint density at radius 3 is 0.986 bits per heavy atom. The molecular formula is C97H89F5N30O15. The first-order valence-corrected chi connectivity index (χ1v) is 46.1. The summed E-state index contributed by atoms with van der Waals surface area (Å²) in [5, 5.41) is 91.2. The van der Waals surface area contributed by atoms with Crippen molar-refractivity contribution >= 4 is 138 Å². The van der Waals surface area contributed by atoms with Crippen molar-refractivity contribution in [2.45, 2.75) is 122 Å². The van der Waals surface area contributed by atoms with Crippen molar-refractivity contribution in [3.05, 3.63) is 190 Å². The molecule has 0 radical (unpaired) electrons. The highest BCUT2D eigenvalue weighted by atomic mass is 19.1. The fourth-order valence-corrected chi connectivity index (χ4v) is 18.5. The van der Waals surface area contributed by atoms with Crippen molar-refractivity contribution in [1.29, 1.82) is 0 Å². The highest BCUT2D eigenvalue weighted by Gasteiger charge is 2.39. The first-order chi connectivity index (χ1) is 71.1. The molecule has 17 N–H and O–H groups in total. The quantitative estimate of drug-likeness (QED) is 0.0315. The van der Waals surface area contributed by atoms with Crippen LogP contribution >= 0.6 is 0 Å². The fraction of sp³-hybridized carbons (Fsp3) is 0.278. The van der Waals surface area contributed by atoms with Gasteiger partial charge in [0, 0.05) is 147 Å².